The van der Waals surface area contributed by atoms with Crippen molar-refractivity contribution in [2.45, 2.75) is 35.9 Å². The van der Waals surface area contributed by atoms with E-state index in [1.54, 1.807) is 39.3 Å². The number of hydrazine groups is 1. The lowest BCUT2D eigenvalue weighted by Gasteiger charge is -2.42. The van der Waals surface area contributed by atoms with Crippen LogP contribution in [0.5, 0.6) is 0 Å². The fourth-order valence-corrected chi connectivity index (χ4v) is 8.01. The van der Waals surface area contributed by atoms with E-state index < -0.39 is 27.2 Å². The third-order valence-electron chi connectivity index (χ3n) is 7.25. The van der Waals surface area contributed by atoms with Gasteiger partial charge in [0.15, 0.2) is 20.8 Å². The summed E-state index contributed by atoms with van der Waals surface area (Å²) in [7, 11) is -6.43. The summed E-state index contributed by atoms with van der Waals surface area (Å²) in [4.78, 5) is 22.0. The largest absolute Gasteiger partial charge is 0.354 e. The Kier molecular flexibility index (Phi) is 9.09. The highest BCUT2D eigenvalue weighted by molar-refractivity contribution is 8.15. The molecule has 3 aromatic rings. The topological polar surface area (TPSA) is 145 Å². The SMILES string of the molecule is CC(C)S(=O)(=O)c1cc(P(C)(C)=O)ccc1Nc1nc(N=C2NNC(C)(N3CCN(c4ccccn4)CC3)S2)ncc1Cl. The van der Waals surface area contributed by atoms with Gasteiger partial charge in [-0.15, -0.1) is 0 Å². The molecule has 5 rings (SSSR count). The second-order valence-corrected chi connectivity index (χ2v) is 18.5. The molecule has 1 atom stereocenters. The Morgan fingerprint density at radius 1 is 1.14 bits per heavy atom. The van der Waals surface area contributed by atoms with E-state index in [2.05, 4.69) is 52.8 Å². The Hall–Kier alpha value is -2.74. The highest BCUT2D eigenvalue weighted by atomic mass is 35.5. The standard InChI is InChI=1S/C27H35ClN9O3PS2/c1-18(2)43(39,40)22-16-19(41(4,5)38)9-10-21(22)31-24-20(28)17-30-25(32-24)33-26-34-35-27(3,42-26)37-14-12-36(13-15-37)23-8-6-7-11-29-23/h6-11,16-18,35H,12-15H2,1-5H3,(H2,30,31,32,33,34). The molecule has 0 radical (unpaired) electrons. The molecule has 0 aliphatic carbocycles. The van der Waals surface area contributed by atoms with Gasteiger partial charge in [0.2, 0.25) is 0 Å². The van der Waals surface area contributed by atoms with Crippen LogP contribution in [0.4, 0.5) is 23.3 Å². The number of sulfone groups is 1. The lowest BCUT2D eigenvalue weighted by molar-refractivity contribution is 0.140. The number of aliphatic imine (C=N–C) groups is 1. The Labute approximate surface area is 261 Å². The van der Waals surface area contributed by atoms with Crippen LogP contribution < -0.4 is 26.4 Å². The van der Waals surface area contributed by atoms with Crippen molar-refractivity contribution < 1.29 is 13.0 Å². The molecule has 2 saturated heterocycles. The molecule has 2 fully saturated rings. The first-order valence-corrected chi connectivity index (χ1v) is 19.1. The fourth-order valence-electron chi connectivity index (χ4n) is 4.66. The van der Waals surface area contributed by atoms with Gasteiger partial charge in [0.25, 0.3) is 5.95 Å². The first-order chi connectivity index (χ1) is 20.3. The van der Waals surface area contributed by atoms with E-state index in [0.717, 1.165) is 32.0 Å². The van der Waals surface area contributed by atoms with Gasteiger partial charge in [-0.2, -0.15) is 9.98 Å². The zero-order valence-corrected chi connectivity index (χ0v) is 27.9. The Morgan fingerprint density at radius 3 is 2.53 bits per heavy atom. The second-order valence-electron chi connectivity index (χ2n) is 11.0. The van der Waals surface area contributed by atoms with Crippen LogP contribution in [0.2, 0.25) is 5.02 Å². The number of thioether (sulfide) groups is 1. The Morgan fingerprint density at radius 2 is 1.88 bits per heavy atom. The summed E-state index contributed by atoms with van der Waals surface area (Å²) in [6, 6.07) is 10.6. The monoisotopic (exact) mass is 663 g/mol. The average Bonchev–Trinajstić information content (AvgIpc) is 3.36. The lowest BCUT2D eigenvalue weighted by atomic mass is 10.3. The normalized spacial score (nSPS) is 20.9. The highest BCUT2D eigenvalue weighted by Gasteiger charge is 2.41. The van der Waals surface area contributed by atoms with Crippen molar-refractivity contribution in [3.63, 3.8) is 0 Å². The van der Waals surface area contributed by atoms with Gasteiger partial charge in [0.05, 0.1) is 22.0 Å². The number of anilines is 3. The minimum Gasteiger partial charge on any atom is -0.354 e. The van der Waals surface area contributed by atoms with Crippen molar-refractivity contribution in [3.05, 3.63) is 53.8 Å². The summed E-state index contributed by atoms with van der Waals surface area (Å²) in [6.07, 6.45) is 3.22. The minimum absolute atomic E-state index is 0.0302. The molecule has 12 nitrogen and oxygen atoms in total. The number of benzene rings is 1. The molecular formula is C27H35ClN9O3PS2. The van der Waals surface area contributed by atoms with Crippen molar-refractivity contribution >= 4 is 74.1 Å². The van der Waals surface area contributed by atoms with Crippen LogP contribution in [0.25, 0.3) is 0 Å². The van der Waals surface area contributed by atoms with E-state index in [4.69, 9.17) is 11.6 Å². The zero-order valence-electron chi connectivity index (χ0n) is 24.6. The quantitative estimate of drug-likeness (QED) is 0.299. The van der Waals surface area contributed by atoms with E-state index >= 15 is 0 Å². The summed E-state index contributed by atoms with van der Waals surface area (Å²) >= 11 is 7.94. The van der Waals surface area contributed by atoms with Gasteiger partial charge in [0.1, 0.15) is 23.0 Å². The van der Waals surface area contributed by atoms with E-state index in [0.29, 0.717) is 10.5 Å². The van der Waals surface area contributed by atoms with Crippen LogP contribution in [0, 0.1) is 0 Å². The molecule has 16 heteroatoms. The predicted octanol–water partition coefficient (Wildman–Crippen LogP) is 4.02. The van der Waals surface area contributed by atoms with Crippen molar-refractivity contribution in [1.29, 1.82) is 0 Å². The van der Waals surface area contributed by atoms with Gasteiger partial charge >= 0.3 is 0 Å². The lowest BCUT2D eigenvalue weighted by Crippen LogP contribution is -2.60. The smallest absolute Gasteiger partial charge is 0.253 e. The van der Waals surface area contributed by atoms with E-state index in [1.807, 2.05) is 24.4 Å². The third-order valence-corrected chi connectivity index (χ3v) is 12.4. The molecule has 0 spiro atoms. The molecular weight excluding hydrogens is 629 g/mol. The average molecular weight is 664 g/mol. The minimum atomic E-state index is -3.73. The van der Waals surface area contributed by atoms with Crippen molar-refractivity contribution in [2.24, 2.45) is 4.99 Å². The number of hydrogen-bond donors (Lipinski definition) is 3. The van der Waals surface area contributed by atoms with Gasteiger partial charge in [-0.1, -0.05) is 17.7 Å². The van der Waals surface area contributed by atoms with Gasteiger partial charge < -0.3 is 14.8 Å². The molecule has 230 valence electrons. The second kappa shape index (κ2) is 12.3. The molecule has 3 N–H and O–H groups in total. The van der Waals surface area contributed by atoms with E-state index in [9.17, 15) is 13.0 Å². The summed E-state index contributed by atoms with van der Waals surface area (Å²) in [5, 5.41) is 3.60. The molecule has 2 aromatic heterocycles. The number of aromatic nitrogens is 3. The Bertz CT molecular complexity index is 1680. The number of nitrogens with one attached hydrogen (secondary N) is 3. The van der Waals surface area contributed by atoms with Gasteiger partial charge in [0, 0.05) is 37.7 Å². The molecule has 0 bridgehead atoms. The maximum Gasteiger partial charge on any atom is 0.253 e. The van der Waals surface area contributed by atoms with Crippen molar-refractivity contribution in [1.82, 2.24) is 30.7 Å². The molecule has 1 unspecified atom stereocenters. The third kappa shape index (κ3) is 7.00. The number of piperazine rings is 1. The number of amidine groups is 1. The van der Waals surface area contributed by atoms with Crippen LogP contribution in [0.15, 0.2) is 58.7 Å². The van der Waals surface area contributed by atoms with E-state index in [1.165, 1.54) is 24.0 Å². The number of rotatable bonds is 8. The van der Waals surface area contributed by atoms with Gasteiger partial charge in [-0.3, -0.25) is 10.3 Å². The molecule has 1 aromatic carbocycles. The molecule has 0 amide bonds. The van der Waals surface area contributed by atoms with Crippen LogP contribution >= 0.6 is 30.5 Å². The number of hydrogen-bond acceptors (Lipinski definition) is 12. The summed E-state index contributed by atoms with van der Waals surface area (Å²) in [6.45, 7) is 11.9. The van der Waals surface area contributed by atoms with Crippen molar-refractivity contribution in [3.8, 4) is 0 Å². The van der Waals surface area contributed by atoms with E-state index in [-0.39, 0.29) is 27.4 Å². The highest BCUT2D eigenvalue weighted by Crippen LogP contribution is 2.38. The van der Waals surface area contributed by atoms with Crippen molar-refractivity contribution in [2.75, 3.05) is 49.7 Å². The first-order valence-electron chi connectivity index (χ1n) is 13.7. The molecule has 4 heterocycles. The summed E-state index contributed by atoms with van der Waals surface area (Å²) in [5.74, 6) is 1.32. The van der Waals surface area contributed by atoms with Gasteiger partial charge in [-0.05, 0) is 76.2 Å². The van der Waals surface area contributed by atoms with Crippen LogP contribution in [-0.2, 0) is 14.4 Å². The Balaban J connectivity index is 1.33. The summed E-state index contributed by atoms with van der Waals surface area (Å²) in [5.41, 5.74) is 6.75. The zero-order chi connectivity index (χ0) is 31.0. The van der Waals surface area contributed by atoms with Crippen LogP contribution in [0.1, 0.15) is 20.8 Å². The summed E-state index contributed by atoms with van der Waals surface area (Å²) < 4.78 is 39.2. The number of nitrogens with zero attached hydrogens (tertiary/aromatic N) is 6. The van der Waals surface area contributed by atoms with Crippen LogP contribution in [-0.4, -0.2) is 83.2 Å². The van der Waals surface area contributed by atoms with Crippen LogP contribution in [0.3, 0.4) is 0 Å². The van der Waals surface area contributed by atoms with Gasteiger partial charge in [-0.25, -0.2) is 23.8 Å². The maximum atomic E-state index is 13.2. The maximum absolute atomic E-state index is 13.2. The fraction of sp³-hybridized carbons (Fsp3) is 0.407. The molecule has 0 saturated carbocycles. The molecule has 43 heavy (non-hydrogen) atoms. The predicted molar refractivity (Wildman–Crippen MR) is 176 cm³/mol. The number of pyridine rings is 1. The first kappa shape index (κ1) is 31.7. The number of halogens is 1. The molecule has 2 aliphatic rings. The molecule has 2 aliphatic heterocycles.